The van der Waals surface area contributed by atoms with Crippen LogP contribution in [-0.4, -0.2) is 35.1 Å². The molecule has 1 aromatic carbocycles. The van der Waals surface area contributed by atoms with E-state index in [9.17, 15) is 4.79 Å². The van der Waals surface area contributed by atoms with Crippen LogP contribution in [0, 0.1) is 5.92 Å². The summed E-state index contributed by atoms with van der Waals surface area (Å²) in [6.07, 6.45) is 2.37. The van der Waals surface area contributed by atoms with Crippen molar-refractivity contribution in [2.45, 2.75) is 32.4 Å². The molecule has 4 nitrogen and oxygen atoms in total. The van der Waals surface area contributed by atoms with Crippen molar-refractivity contribution in [3.8, 4) is 0 Å². The lowest BCUT2D eigenvalue weighted by atomic mass is 9.92. The lowest BCUT2D eigenvalue weighted by Gasteiger charge is -2.38. The Kier molecular flexibility index (Phi) is 4.56. The summed E-state index contributed by atoms with van der Waals surface area (Å²) in [5, 5.41) is 8.88. The Morgan fingerprint density at radius 3 is 2.68 bits per heavy atom. The predicted molar refractivity (Wildman–Crippen MR) is 75.1 cm³/mol. The molecule has 1 heterocycles. The van der Waals surface area contributed by atoms with Crippen LogP contribution in [0.5, 0.6) is 0 Å². The van der Waals surface area contributed by atoms with Crippen molar-refractivity contribution in [3.05, 3.63) is 35.4 Å². The molecular weight excluding hydrogens is 240 g/mol. The van der Waals surface area contributed by atoms with Crippen LogP contribution in [0.1, 0.15) is 35.7 Å². The van der Waals surface area contributed by atoms with Crippen molar-refractivity contribution in [3.63, 3.8) is 0 Å². The van der Waals surface area contributed by atoms with E-state index in [4.69, 9.17) is 10.8 Å². The molecule has 19 heavy (non-hydrogen) atoms. The van der Waals surface area contributed by atoms with Crippen LogP contribution < -0.4 is 5.73 Å². The lowest BCUT2D eigenvalue weighted by Crippen LogP contribution is -2.45. The van der Waals surface area contributed by atoms with E-state index in [1.54, 1.807) is 12.1 Å². The zero-order chi connectivity index (χ0) is 13.8. The molecule has 0 radical (unpaired) electrons. The van der Waals surface area contributed by atoms with Crippen molar-refractivity contribution in [2.24, 2.45) is 11.7 Å². The van der Waals surface area contributed by atoms with E-state index in [2.05, 4.69) is 11.8 Å². The van der Waals surface area contributed by atoms with Gasteiger partial charge in [0, 0.05) is 19.1 Å². The molecule has 0 saturated carbocycles. The molecule has 3 N–H and O–H groups in total. The highest BCUT2D eigenvalue weighted by atomic mass is 16.4. The van der Waals surface area contributed by atoms with Crippen molar-refractivity contribution >= 4 is 5.97 Å². The van der Waals surface area contributed by atoms with Crippen molar-refractivity contribution in [2.75, 3.05) is 13.1 Å². The van der Waals surface area contributed by atoms with E-state index >= 15 is 0 Å². The molecule has 1 aliphatic heterocycles. The summed E-state index contributed by atoms with van der Waals surface area (Å²) >= 11 is 0. The van der Waals surface area contributed by atoms with Gasteiger partial charge < -0.3 is 10.8 Å². The summed E-state index contributed by atoms with van der Waals surface area (Å²) in [5.74, 6) is -0.127. The molecule has 0 amide bonds. The fourth-order valence-corrected chi connectivity index (χ4v) is 2.74. The highest BCUT2D eigenvalue weighted by Crippen LogP contribution is 2.23. The minimum absolute atomic E-state index is 0.339. The predicted octanol–water partition coefficient (Wildman–Crippen LogP) is 1.94. The van der Waals surface area contributed by atoms with Crippen molar-refractivity contribution in [1.29, 1.82) is 0 Å². The number of carboxylic acid groups (broad SMARTS) is 1. The highest BCUT2D eigenvalue weighted by molar-refractivity contribution is 5.87. The Morgan fingerprint density at radius 2 is 2.11 bits per heavy atom. The van der Waals surface area contributed by atoms with Gasteiger partial charge in [-0.05, 0) is 43.0 Å². The molecule has 1 aliphatic rings. The fraction of sp³-hybridized carbons (Fsp3) is 0.533. The number of hydrogen-bond donors (Lipinski definition) is 2. The molecule has 4 heteroatoms. The summed E-state index contributed by atoms with van der Waals surface area (Å²) in [5.41, 5.74) is 7.34. The van der Waals surface area contributed by atoms with Crippen molar-refractivity contribution < 1.29 is 9.90 Å². The van der Waals surface area contributed by atoms with Crippen molar-refractivity contribution in [1.82, 2.24) is 4.90 Å². The molecule has 1 fully saturated rings. The molecule has 0 spiro atoms. The zero-order valence-corrected chi connectivity index (χ0v) is 11.4. The first-order chi connectivity index (χ1) is 9.10. The summed E-state index contributed by atoms with van der Waals surface area (Å²) in [7, 11) is 0. The first-order valence-electron chi connectivity index (χ1n) is 6.86. The number of carbonyl (C=O) groups is 1. The third kappa shape index (κ3) is 3.55. The largest absolute Gasteiger partial charge is 0.478 e. The minimum Gasteiger partial charge on any atom is -0.478 e. The Labute approximate surface area is 114 Å². The van der Waals surface area contributed by atoms with Crippen LogP contribution in [0.15, 0.2) is 24.3 Å². The highest BCUT2D eigenvalue weighted by Gasteiger charge is 2.25. The molecule has 2 atom stereocenters. The number of likely N-dealkylation sites (tertiary alicyclic amines) is 1. The fourth-order valence-electron chi connectivity index (χ4n) is 2.74. The molecule has 0 aromatic heterocycles. The second-order valence-electron chi connectivity index (χ2n) is 5.49. The zero-order valence-electron chi connectivity index (χ0n) is 11.4. The van der Waals surface area contributed by atoms with E-state index in [1.807, 2.05) is 12.1 Å². The average Bonchev–Trinajstić information content (AvgIpc) is 2.41. The molecule has 1 saturated heterocycles. The SMILES string of the molecule is CC1CCN(Cc2ccc(C(=O)O)cc2)C(CN)C1. The normalized spacial score (nSPS) is 24.3. The van der Waals surface area contributed by atoms with Gasteiger partial charge in [0.15, 0.2) is 0 Å². The Bertz CT molecular complexity index is 430. The quantitative estimate of drug-likeness (QED) is 0.870. The number of nitrogens with zero attached hydrogens (tertiary/aromatic N) is 1. The standard InChI is InChI=1S/C15H22N2O2/c1-11-6-7-17(14(8-11)9-16)10-12-2-4-13(5-3-12)15(18)19/h2-5,11,14H,6-10,16H2,1H3,(H,18,19). The van der Waals surface area contributed by atoms with Gasteiger partial charge in [-0.2, -0.15) is 0 Å². The van der Waals surface area contributed by atoms with Crippen LogP contribution in [-0.2, 0) is 6.54 Å². The van der Waals surface area contributed by atoms with Gasteiger partial charge in [0.25, 0.3) is 0 Å². The topological polar surface area (TPSA) is 66.6 Å². The van der Waals surface area contributed by atoms with E-state index in [-0.39, 0.29) is 0 Å². The van der Waals surface area contributed by atoms with Gasteiger partial charge in [-0.1, -0.05) is 19.1 Å². The van der Waals surface area contributed by atoms with E-state index in [0.717, 1.165) is 31.0 Å². The van der Waals surface area contributed by atoms with Gasteiger partial charge in [0.2, 0.25) is 0 Å². The maximum absolute atomic E-state index is 10.8. The summed E-state index contributed by atoms with van der Waals surface area (Å²) < 4.78 is 0. The Hall–Kier alpha value is -1.39. The van der Waals surface area contributed by atoms with Crippen LogP contribution in [0.4, 0.5) is 0 Å². The molecule has 0 bridgehead atoms. The van der Waals surface area contributed by atoms with Crippen LogP contribution in [0.3, 0.4) is 0 Å². The molecule has 104 valence electrons. The Balaban J connectivity index is 2.01. The first kappa shape index (κ1) is 14.0. The molecule has 2 unspecified atom stereocenters. The van der Waals surface area contributed by atoms with E-state index in [1.165, 1.54) is 6.42 Å². The van der Waals surface area contributed by atoms with Crippen LogP contribution in [0.25, 0.3) is 0 Å². The van der Waals surface area contributed by atoms with Crippen LogP contribution >= 0.6 is 0 Å². The molecular formula is C15H22N2O2. The van der Waals surface area contributed by atoms with Gasteiger partial charge in [0.05, 0.1) is 5.56 Å². The van der Waals surface area contributed by atoms with Gasteiger partial charge in [-0.25, -0.2) is 4.79 Å². The second kappa shape index (κ2) is 6.17. The van der Waals surface area contributed by atoms with Gasteiger partial charge in [0.1, 0.15) is 0 Å². The smallest absolute Gasteiger partial charge is 0.335 e. The van der Waals surface area contributed by atoms with Gasteiger partial charge in [-0.3, -0.25) is 4.90 Å². The second-order valence-corrected chi connectivity index (χ2v) is 5.49. The number of benzene rings is 1. The number of rotatable bonds is 4. The Morgan fingerprint density at radius 1 is 1.42 bits per heavy atom. The van der Waals surface area contributed by atoms with Crippen LogP contribution in [0.2, 0.25) is 0 Å². The third-order valence-electron chi connectivity index (χ3n) is 3.96. The lowest BCUT2D eigenvalue weighted by molar-refractivity contribution is 0.0696. The average molecular weight is 262 g/mol. The first-order valence-corrected chi connectivity index (χ1v) is 6.86. The molecule has 1 aromatic rings. The number of aromatic carboxylic acids is 1. The number of nitrogens with two attached hydrogens (primary N) is 1. The van der Waals surface area contributed by atoms with Gasteiger partial charge in [-0.15, -0.1) is 0 Å². The number of piperidine rings is 1. The van der Waals surface area contributed by atoms with E-state index in [0.29, 0.717) is 18.2 Å². The summed E-state index contributed by atoms with van der Waals surface area (Å²) in [4.78, 5) is 13.2. The number of carboxylic acids is 1. The summed E-state index contributed by atoms with van der Waals surface area (Å²) in [6.45, 7) is 4.90. The maximum atomic E-state index is 10.8. The summed E-state index contributed by atoms with van der Waals surface area (Å²) in [6, 6.07) is 7.58. The maximum Gasteiger partial charge on any atom is 0.335 e. The third-order valence-corrected chi connectivity index (χ3v) is 3.96. The minimum atomic E-state index is -0.877. The molecule has 0 aliphatic carbocycles. The van der Waals surface area contributed by atoms with Gasteiger partial charge >= 0.3 is 5.97 Å². The molecule has 2 rings (SSSR count). The number of hydrogen-bond acceptors (Lipinski definition) is 3. The van der Waals surface area contributed by atoms with E-state index < -0.39 is 5.97 Å². The monoisotopic (exact) mass is 262 g/mol.